The highest BCUT2D eigenvalue weighted by Crippen LogP contribution is 2.35. The number of rotatable bonds is 4. The smallest absolute Gasteiger partial charge is 0.417 e. The van der Waals surface area contributed by atoms with E-state index in [9.17, 15) is 23.1 Å². The summed E-state index contributed by atoms with van der Waals surface area (Å²) in [6.07, 6.45) is -3.99. The van der Waals surface area contributed by atoms with Crippen molar-refractivity contribution < 1.29 is 27.8 Å². The quantitative estimate of drug-likeness (QED) is 0.433. The second kappa shape index (κ2) is 8.59. The molecule has 30 heavy (non-hydrogen) atoms. The molecule has 0 bridgehead atoms. The number of aromatic nitrogens is 1. The largest absolute Gasteiger partial charge is 0.506 e. The van der Waals surface area contributed by atoms with Crippen LogP contribution in [0.4, 0.5) is 18.9 Å². The fraction of sp³-hybridized carbons (Fsp3) is 0.0526. The summed E-state index contributed by atoms with van der Waals surface area (Å²) in [4.78, 5) is 16.0. The third kappa shape index (κ3) is 5.08. The number of amides is 1. The van der Waals surface area contributed by atoms with Gasteiger partial charge in [0.05, 0.1) is 16.1 Å². The van der Waals surface area contributed by atoms with Crippen LogP contribution in [0.5, 0.6) is 17.4 Å². The van der Waals surface area contributed by atoms with E-state index in [1.54, 1.807) is 0 Å². The summed E-state index contributed by atoms with van der Waals surface area (Å²) in [6, 6.07) is 9.13. The van der Waals surface area contributed by atoms with Gasteiger partial charge in [-0.05, 0) is 30.3 Å². The van der Waals surface area contributed by atoms with Crippen LogP contribution in [0.3, 0.4) is 0 Å². The zero-order chi connectivity index (χ0) is 22.1. The van der Waals surface area contributed by atoms with E-state index in [0.717, 1.165) is 0 Å². The number of aromatic hydroxyl groups is 1. The van der Waals surface area contributed by atoms with Gasteiger partial charge in [-0.3, -0.25) is 4.79 Å². The van der Waals surface area contributed by atoms with E-state index in [4.69, 9.17) is 39.5 Å². The van der Waals surface area contributed by atoms with Crippen molar-refractivity contribution in [2.45, 2.75) is 6.18 Å². The molecule has 0 aliphatic rings. The molecule has 0 aliphatic carbocycles. The Hall–Kier alpha value is -2.68. The van der Waals surface area contributed by atoms with Gasteiger partial charge in [-0.2, -0.15) is 13.2 Å². The summed E-state index contributed by atoms with van der Waals surface area (Å²) >= 11 is 17.5. The van der Waals surface area contributed by atoms with Crippen LogP contribution in [-0.4, -0.2) is 16.0 Å². The third-order valence-electron chi connectivity index (χ3n) is 3.71. The van der Waals surface area contributed by atoms with Gasteiger partial charge in [0.1, 0.15) is 16.5 Å². The normalized spacial score (nSPS) is 11.3. The van der Waals surface area contributed by atoms with Gasteiger partial charge in [-0.25, -0.2) is 4.98 Å². The summed E-state index contributed by atoms with van der Waals surface area (Å²) in [6.45, 7) is 0. The van der Waals surface area contributed by atoms with Gasteiger partial charge in [0.2, 0.25) is 5.88 Å². The van der Waals surface area contributed by atoms with Gasteiger partial charge in [0, 0.05) is 23.0 Å². The third-order valence-corrected chi connectivity index (χ3v) is 4.49. The molecule has 2 N–H and O–H groups in total. The molecule has 0 fully saturated rings. The van der Waals surface area contributed by atoms with E-state index < -0.39 is 23.4 Å². The molecule has 0 aliphatic heterocycles. The Kier molecular flexibility index (Phi) is 6.30. The summed E-state index contributed by atoms with van der Waals surface area (Å²) in [5, 5.41) is 12.2. The molecule has 11 heteroatoms. The minimum atomic E-state index is -4.59. The van der Waals surface area contributed by atoms with Crippen molar-refractivity contribution >= 4 is 46.4 Å². The van der Waals surface area contributed by atoms with Crippen molar-refractivity contribution in [3.8, 4) is 17.4 Å². The topological polar surface area (TPSA) is 71.5 Å². The maximum absolute atomic E-state index is 12.7. The van der Waals surface area contributed by atoms with Crippen LogP contribution in [0.1, 0.15) is 15.9 Å². The highest BCUT2D eigenvalue weighted by Gasteiger charge is 2.31. The number of anilines is 1. The highest BCUT2D eigenvalue weighted by atomic mass is 35.5. The van der Waals surface area contributed by atoms with Crippen molar-refractivity contribution in [1.82, 2.24) is 4.98 Å². The molecule has 0 atom stereocenters. The molecule has 3 aromatic rings. The van der Waals surface area contributed by atoms with E-state index in [1.165, 1.54) is 36.4 Å². The van der Waals surface area contributed by atoms with E-state index in [2.05, 4.69) is 10.3 Å². The number of alkyl halides is 3. The Morgan fingerprint density at radius 1 is 1.07 bits per heavy atom. The molecule has 1 heterocycles. The predicted molar refractivity (Wildman–Crippen MR) is 107 cm³/mol. The predicted octanol–water partition coefficient (Wildman–Crippen LogP) is 6.81. The molecule has 0 spiro atoms. The Balaban J connectivity index is 1.80. The number of carbonyl (C=O) groups is 1. The van der Waals surface area contributed by atoms with Gasteiger partial charge in [0.15, 0.2) is 0 Å². The standard InChI is InChI=1S/C19H10Cl3F3N2O3/c20-10-5-13(16(28)14(21)6-10)17(29)27-11-2-1-3-12(7-11)30-18-15(22)4-9(8-26-18)19(23,24)25/h1-8,28H,(H,27,29). The molecule has 0 saturated heterocycles. The van der Waals surface area contributed by atoms with Crippen LogP contribution in [-0.2, 0) is 6.18 Å². The van der Waals surface area contributed by atoms with Crippen molar-refractivity contribution in [3.63, 3.8) is 0 Å². The zero-order valence-corrected chi connectivity index (χ0v) is 16.9. The number of phenolic OH excluding ortho intramolecular Hbond substituents is 1. The van der Waals surface area contributed by atoms with Crippen LogP contribution >= 0.6 is 34.8 Å². The first-order valence-electron chi connectivity index (χ1n) is 8.04. The Morgan fingerprint density at radius 3 is 2.47 bits per heavy atom. The number of nitrogens with one attached hydrogen (secondary N) is 1. The van der Waals surface area contributed by atoms with Crippen molar-refractivity contribution in [2.75, 3.05) is 5.32 Å². The minimum Gasteiger partial charge on any atom is -0.506 e. The van der Waals surface area contributed by atoms with Gasteiger partial charge < -0.3 is 15.2 Å². The first-order valence-corrected chi connectivity index (χ1v) is 9.18. The SMILES string of the molecule is O=C(Nc1cccc(Oc2ncc(C(F)(F)F)cc2Cl)c1)c1cc(Cl)cc(Cl)c1O. The lowest BCUT2D eigenvalue weighted by Crippen LogP contribution is -2.12. The molecule has 0 saturated carbocycles. The molecular formula is C19H10Cl3F3N2O3. The molecule has 1 amide bonds. The first kappa shape index (κ1) is 22.0. The van der Waals surface area contributed by atoms with E-state index in [0.29, 0.717) is 12.3 Å². The fourth-order valence-electron chi connectivity index (χ4n) is 2.34. The monoisotopic (exact) mass is 476 g/mol. The maximum Gasteiger partial charge on any atom is 0.417 e. The molecule has 2 aromatic carbocycles. The van der Waals surface area contributed by atoms with Crippen molar-refractivity contribution in [1.29, 1.82) is 0 Å². The lowest BCUT2D eigenvalue weighted by molar-refractivity contribution is -0.137. The molecule has 3 rings (SSSR count). The number of nitrogens with zero attached hydrogens (tertiary/aromatic N) is 1. The molecule has 1 aromatic heterocycles. The number of carbonyl (C=O) groups excluding carboxylic acids is 1. The highest BCUT2D eigenvalue weighted by molar-refractivity contribution is 6.36. The van der Waals surface area contributed by atoms with Gasteiger partial charge in [-0.15, -0.1) is 0 Å². The molecule has 0 radical (unpaired) electrons. The molecule has 5 nitrogen and oxygen atoms in total. The van der Waals surface area contributed by atoms with Crippen molar-refractivity contribution in [2.24, 2.45) is 0 Å². The van der Waals surface area contributed by atoms with Crippen LogP contribution in [0.25, 0.3) is 0 Å². The lowest BCUT2D eigenvalue weighted by atomic mass is 10.2. The Labute approximate surface area is 183 Å². The number of benzene rings is 2. The lowest BCUT2D eigenvalue weighted by Gasteiger charge is -2.12. The summed E-state index contributed by atoms with van der Waals surface area (Å²) in [7, 11) is 0. The molecule has 0 unspecified atom stereocenters. The second-order valence-electron chi connectivity index (χ2n) is 5.88. The number of hydrogen-bond acceptors (Lipinski definition) is 4. The van der Waals surface area contributed by atoms with E-state index in [-0.39, 0.29) is 37.9 Å². The maximum atomic E-state index is 12.7. The molecular weight excluding hydrogens is 468 g/mol. The van der Waals surface area contributed by atoms with Gasteiger partial charge in [0.25, 0.3) is 5.91 Å². The zero-order valence-electron chi connectivity index (χ0n) is 14.6. The van der Waals surface area contributed by atoms with Gasteiger partial charge >= 0.3 is 6.18 Å². The average molecular weight is 478 g/mol. The fourth-order valence-corrected chi connectivity index (χ4v) is 3.04. The van der Waals surface area contributed by atoms with Crippen LogP contribution in [0.2, 0.25) is 15.1 Å². The van der Waals surface area contributed by atoms with E-state index in [1.807, 2.05) is 0 Å². The average Bonchev–Trinajstić information content (AvgIpc) is 2.65. The number of pyridine rings is 1. The van der Waals surface area contributed by atoms with Crippen molar-refractivity contribution in [3.05, 3.63) is 74.9 Å². The van der Waals surface area contributed by atoms with Crippen LogP contribution in [0, 0.1) is 0 Å². The second-order valence-corrected chi connectivity index (χ2v) is 7.13. The van der Waals surface area contributed by atoms with Crippen LogP contribution in [0.15, 0.2) is 48.7 Å². The summed E-state index contributed by atoms with van der Waals surface area (Å²) < 4.78 is 43.5. The van der Waals surface area contributed by atoms with Crippen LogP contribution < -0.4 is 10.1 Å². The number of hydrogen-bond donors (Lipinski definition) is 2. The number of phenols is 1. The number of ether oxygens (including phenoxy) is 1. The van der Waals surface area contributed by atoms with E-state index >= 15 is 0 Å². The first-order chi connectivity index (χ1) is 14.0. The number of halogens is 6. The Morgan fingerprint density at radius 2 is 1.80 bits per heavy atom. The Bertz CT molecular complexity index is 1120. The van der Waals surface area contributed by atoms with Gasteiger partial charge in [-0.1, -0.05) is 40.9 Å². The summed E-state index contributed by atoms with van der Waals surface area (Å²) in [5.74, 6) is -1.23. The summed E-state index contributed by atoms with van der Waals surface area (Å²) in [5.41, 5.74) is -0.900. The molecule has 156 valence electrons. The minimum absolute atomic E-state index is 0.0900.